The molecule has 0 aromatic heterocycles. The summed E-state index contributed by atoms with van der Waals surface area (Å²) in [7, 11) is 1.72. The Bertz CT molecular complexity index is 1180. The summed E-state index contributed by atoms with van der Waals surface area (Å²) in [6, 6.07) is 0. The topological polar surface area (TPSA) is 126 Å². The molecule has 4 aliphatic carbocycles. The van der Waals surface area contributed by atoms with Crippen molar-refractivity contribution >= 4 is 29.7 Å². The minimum Gasteiger partial charge on any atom is -0.466 e. The second kappa shape index (κ2) is 13.9. The van der Waals surface area contributed by atoms with Gasteiger partial charge in [-0.25, -0.2) is 9.59 Å². The molecule has 260 valence electrons. The quantitative estimate of drug-likeness (QED) is 0.157. The Morgan fingerprint density at radius 2 is 1.52 bits per heavy atom. The van der Waals surface area contributed by atoms with Crippen LogP contribution in [0, 0.1) is 40.4 Å². The van der Waals surface area contributed by atoms with Gasteiger partial charge in [0.15, 0.2) is 6.61 Å². The van der Waals surface area contributed by atoms with Gasteiger partial charge in [0.2, 0.25) is 5.60 Å². The Morgan fingerprint density at radius 3 is 2.20 bits per heavy atom. The molecule has 10 nitrogen and oxygen atoms in total. The van der Waals surface area contributed by atoms with Gasteiger partial charge in [-0.15, -0.1) is 0 Å². The van der Waals surface area contributed by atoms with E-state index < -0.39 is 35.7 Å². The van der Waals surface area contributed by atoms with E-state index in [0.717, 1.165) is 38.5 Å². The molecule has 46 heavy (non-hydrogen) atoms. The predicted octanol–water partition coefficient (Wildman–Crippen LogP) is 5.29. The number of nitrogens with zero attached hydrogens (tertiary/aromatic N) is 1. The van der Waals surface area contributed by atoms with Gasteiger partial charge in [-0.3, -0.25) is 19.3 Å². The Morgan fingerprint density at radius 1 is 0.826 bits per heavy atom. The zero-order chi connectivity index (χ0) is 34.1. The van der Waals surface area contributed by atoms with Crippen LogP contribution in [0.3, 0.4) is 0 Å². The fraction of sp³-hybridized carbons (Fsp3) is 0.861. The lowest BCUT2D eigenvalue weighted by Crippen LogP contribution is -2.56. The molecule has 0 bridgehead atoms. The third-order valence-corrected chi connectivity index (χ3v) is 12.4. The lowest BCUT2D eigenvalue weighted by atomic mass is 9.44. The molecule has 0 radical (unpaired) electrons. The number of ether oxygens (including phenoxy) is 4. The summed E-state index contributed by atoms with van der Waals surface area (Å²) in [5, 5.41) is 0. The Hall–Kier alpha value is -2.49. The fourth-order valence-electron chi connectivity index (χ4n) is 9.99. The van der Waals surface area contributed by atoms with Crippen LogP contribution in [0.1, 0.15) is 113 Å². The largest absolute Gasteiger partial charge is 0.466 e. The van der Waals surface area contributed by atoms with Gasteiger partial charge in [0.25, 0.3) is 0 Å². The monoisotopic (exact) mass is 647 g/mol. The zero-order valence-electron chi connectivity index (χ0n) is 29.4. The van der Waals surface area contributed by atoms with Gasteiger partial charge in [0.05, 0.1) is 13.2 Å². The third kappa shape index (κ3) is 7.79. The third-order valence-electron chi connectivity index (χ3n) is 12.4. The first kappa shape index (κ1) is 36.3. The summed E-state index contributed by atoms with van der Waals surface area (Å²) in [6.07, 6.45) is 9.89. The molecule has 0 saturated heterocycles. The molecule has 4 aliphatic rings. The lowest BCUT2D eigenvalue weighted by Gasteiger charge is -2.62. The van der Waals surface area contributed by atoms with Crippen molar-refractivity contribution in [1.29, 1.82) is 0 Å². The van der Waals surface area contributed by atoms with Gasteiger partial charge in [0.1, 0.15) is 11.4 Å². The summed E-state index contributed by atoms with van der Waals surface area (Å²) in [5.41, 5.74) is -1.87. The van der Waals surface area contributed by atoms with E-state index in [-0.39, 0.29) is 35.9 Å². The molecule has 10 heteroatoms. The van der Waals surface area contributed by atoms with Gasteiger partial charge in [-0.1, -0.05) is 13.8 Å². The van der Waals surface area contributed by atoms with E-state index in [1.807, 2.05) is 6.92 Å². The molecule has 0 aromatic carbocycles. The first-order valence-electron chi connectivity index (χ1n) is 17.3. The molecule has 1 unspecified atom stereocenters. The van der Waals surface area contributed by atoms with Crippen molar-refractivity contribution in [3.63, 3.8) is 0 Å². The normalized spacial score (nSPS) is 35.3. The van der Waals surface area contributed by atoms with Crippen LogP contribution in [0.25, 0.3) is 0 Å². The fourth-order valence-corrected chi connectivity index (χ4v) is 9.99. The van der Waals surface area contributed by atoms with Crippen LogP contribution in [0.2, 0.25) is 0 Å². The standard InChI is InChI=1S/C36H57NO9/c1-23(38)27-12-13-28-26-11-10-25-20-34(5,16-17-35(25,6)29(26)14-15-36(27,28)7)46-31(41)22-44-32(42)33(3,4)45-30(40)21-37(8)18-9-19-43-24(2)39/h25-29H,9-22H2,1-8H3/t25-,26?,27+,28-,29-,34+,35-,36+/m0/s1. The number of hydrogen-bond acceptors (Lipinski definition) is 10. The molecule has 0 aliphatic heterocycles. The molecule has 8 atom stereocenters. The maximum absolute atomic E-state index is 12.9. The van der Waals surface area contributed by atoms with E-state index in [0.29, 0.717) is 42.4 Å². The highest BCUT2D eigenvalue weighted by molar-refractivity contribution is 5.85. The van der Waals surface area contributed by atoms with Gasteiger partial charge in [-0.05, 0) is 133 Å². The van der Waals surface area contributed by atoms with E-state index in [1.54, 1.807) is 18.9 Å². The highest BCUT2D eigenvalue weighted by Crippen LogP contribution is 2.68. The number of Topliss-reactive ketones (excluding diaryl/α,β-unsaturated/α-hetero) is 1. The predicted molar refractivity (Wildman–Crippen MR) is 170 cm³/mol. The molecular formula is C36H57NO9. The molecule has 0 spiro atoms. The number of hydrogen-bond donors (Lipinski definition) is 0. The van der Waals surface area contributed by atoms with Crippen LogP contribution in [0.4, 0.5) is 0 Å². The summed E-state index contributed by atoms with van der Waals surface area (Å²) < 4.78 is 21.5. The van der Waals surface area contributed by atoms with E-state index in [9.17, 15) is 24.0 Å². The first-order valence-corrected chi connectivity index (χ1v) is 17.3. The Labute approximate surface area is 275 Å². The Balaban J connectivity index is 1.24. The summed E-state index contributed by atoms with van der Waals surface area (Å²) in [4.78, 5) is 63.2. The van der Waals surface area contributed by atoms with Crippen LogP contribution in [-0.2, 0) is 42.9 Å². The van der Waals surface area contributed by atoms with Gasteiger partial charge in [-0.2, -0.15) is 0 Å². The maximum Gasteiger partial charge on any atom is 0.350 e. The molecule has 0 amide bonds. The molecule has 0 heterocycles. The number of ketones is 1. The van der Waals surface area contributed by atoms with Crippen molar-refractivity contribution in [2.75, 3.05) is 33.4 Å². The van der Waals surface area contributed by atoms with Crippen LogP contribution < -0.4 is 0 Å². The second-order valence-electron chi connectivity index (χ2n) is 16.1. The number of rotatable bonds is 12. The first-order chi connectivity index (χ1) is 21.4. The van der Waals surface area contributed by atoms with Crippen LogP contribution >= 0.6 is 0 Å². The minimum atomic E-state index is -1.58. The maximum atomic E-state index is 12.9. The van der Waals surface area contributed by atoms with Crippen molar-refractivity contribution in [1.82, 2.24) is 4.90 Å². The number of likely N-dealkylation sites (N-methyl/N-ethyl adjacent to an activating group) is 1. The smallest absolute Gasteiger partial charge is 0.350 e. The van der Waals surface area contributed by atoms with Crippen LogP contribution in [-0.4, -0.2) is 79.1 Å². The minimum absolute atomic E-state index is 0.0578. The molecule has 4 saturated carbocycles. The van der Waals surface area contributed by atoms with Gasteiger partial charge < -0.3 is 18.9 Å². The number of esters is 4. The van der Waals surface area contributed by atoms with Crippen LogP contribution in [0.15, 0.2) is 0 Å². The highest BCUT2D eigenvalue weighted by Gasteiger charge is 2.62. The SMILES string of the molecule is CC(=O)OCCCN(C)CC(=O)OC(C)(C)C(=O)OCC(=O)O[C@]1(C)CC[C@@]2(C)[C@@H](CCC3[C@@H]2CC[C@]2(C)[C@@H](C(C)=O)CC[C@@H]32)C1. The van der Waals surface area contributed by atoms with Gasteiger partial charge >= 0.3 is 23.9 Å². The van der Waals surface area contributed by atoms with Crippen molar-refractivity contribution < 1.29 is 42.9 Å². The zero-order valence-corrected chi connectivity index (χ0v) is 29.4. The van der Waals surface area contributed by atoms with Crippen molar-refractivity contribution in [3.8, 4) is 0 Å². The Kier molecular flexibility index (Phi) is 11.0. The number of fused-ring (bicyclic) bond motifs is 5. The number of carbonyl (C=O) groups excluding carboxylic acids is 5. The van der Waals surface area contributed by atoms with Gasteiger partial charge in [0, 0.05) is 19.4 Å². The molecular weight excluding hydrogens is 590 g/mol. The number of carbonyl (C=O) groups is 5. The van der Waals surface area contributed by atoms with E-state index in [4.69, 9.17) is 18.9 Å². The van der Waals surface area contributed by atoms with Crippen molar-refractivity contribution in [3.05, 3.63) is 0 Å². The summed E-state index contributed by atoms with van der Waals surface area (Å²) in [6.45, 7) is 13.0. The van der Waals surface area contributed by atoms with Crippen LogP contribution in [0.5, 0.6) is 0 Å². The van der Waals surface area contributed by atoms with Crippen molar-refractivity contribution in [2.45, 2.75) is 124 Å². The lowest BCUT2D eigenvalue weighted by molar-refractivity contribution is -0.191. The van der Waals surface area contributed by atoms with E-state index in [1.165, 1.54) is 40.0 Å². The van der Waals surface area contributed by atoms with Crippen molar-refractivity contribution in [2.24, 2.45) is 40.4 Å². The second-order valence-corrected chi connectivity index (χ2v) is 16.1. The molecule has 4 fully saturated rings. The highest BCUT2D eigenvalue weighted by atomic mass is 16.6. The summed E-state index contributed by atoms with van der Waals surface area (Å²) in [5.74, 6) is 0.577. The summed E-state index contributed by atoms with van der Waals surface area (Å²) >= 11 is 0. The molecule has 0 N–H and O–H groups in total. The molecule has 0 aromatic rings. The average molecular weight is 648 g/mol. The average Bonchev–Trinajstić information content (AvgIpc) is 3.31. The van der Waals surface area contributed by atoms with E-state index >= 15 is 0 Å². The van der Waals surface area contributed by atoms with E-state index in [2.05, 4.69) is 13.8 Å². The molecule has 4 rings (SSSR count).